The van der Waals surface area contributed by atoms with Crippen LogP contribution in [-0.2, 0) is 12.8 Å². The van der Waals surface area contributed by atoms with Gasteiger partial charge in [0.2, 0.25) is 0 Å². The van der Waals surface area contributed by atoms with E-state index >= 15 is 0 Å². The summed E-state index contributed by atoms with van der Waals surface area (Å²) in [7, 11) is 0. The number of benzene rings is 4. The molecule has 0 heterocycles. The molecule has 0 amide bonds. The van der Waals surface area contributed by atoms with E-state index in [0.717, 1.165) is 12.8 Å². The Hall–Kier alpha value is -3.16. The summed E-state index contributed by atoms with van der Waals surface area (Å²) in [5.41, 5.74) is 20.9. The first kappa shape index (κ1) is 17.7. The highest BCUT2D eigenvalue weighted by molar-refractivity contribution is 5.79. The Morgan fingerprint density at radius 1 is 0.567 bits per heavy atom. The zero-order valence-electron chi connectivity index (χ0n) is 17.2. The van der Waals surface area contributed by atoms with Crippen LogP contribution in [0.25, 0.3) is 22.3 Å². The van der Waals surface area contributed by atoms with Crippen LogP contribution >= 0.6 is 0 Å². The molecule has 30 heavy (non-hydrogen) atoms. The van der Waals surface area contributed by atoms with Crippen molar-refractivity contribution in [2.45, 2.75) is 31.7 Å². The van der Waals surface area contributed by atoms with E-state index in [0.29, 0.717) is 0 Å². The molecule has 0 saturated carbocycles. The van der Waals surface area contributed by atoms with Gasteiger partial charge in [0, 0.05) is 12.0 Å². The minimum atomic E-state index is -0.0236. The van der Waals surface area contributed by atoms with Crippen molar-refractivity contribution in [2.24, 2.45) is 5.73 Å². The van der Waals surface area contributed by atoms with Crippen LogP contribution in [-0.4, -0.2) is 0 Å². The average molecular weight is 388 g/mol. The SMILES string of the molecule is CC(c1cccc2c1Cc1ccccc1-2)C(N)c1cccc2c1Cc1ccccc1-2. The van der Waals surface area contributed by atoms with Gasteiger partial charge in [-0.2, -0.15) is 0 Å². The first-order valence-corrected chi connectivity index (χ1v) is 10.9. The van der Waals surface area contributed by atoms with Gasteiger partial charge in [-0.1, -0.05) is 91.9 Å². The Kier molecular flexibility index (Phi) is 3.94. The molecule has 0 aromatic heterocycles. The van der Waals surface area contributed by atoms with E-state index in [1.807, 2.05) is 0 Å². The quantitative estimate of drug-likeness (QED) is 0.362. The highest BCUT2D eigenvalue weighted by Gasteiger charge is 2.29. The molecule has 0 fully saturated rings. The summed E-state index contributed by atoms with van der Waals surface area (Å²) in [6.07, 6.45) is 2.00. The van der Waals surface area contributed by atoms with Crippen molar-refractivity contribution in [3.63, 3.8) is 0 Å². The molecule has 1 heteroatoms. The number of nitrogens with two attached hydrogens (primary N) is 1. The highest BCUT2D eigenvalue weighted by Crippen LogP contribution is 2.45. The predicted octanol–water partition coefficient (Wildman–Crippen LogP) is 6.63. The Labute approximate surface area is 178 Å². The van der Waals surface area contributed by atoms with E-state index < -0.39 is 0 Å². The molecule has 0 bridgehead atoms. The minimum Gasteiger partial charge on any atom is -0.323 e. The Balaban J connectivity index is 1.40. The fraction of sp³-hybridized carbons (Fsp3) is 0.172. The smallest absolute Gasteiger partial charge is 0.0365 e. The van der Waals surface area contributed by atoms with E-state index in [1.54, 1.807) is 0 Å². The van der Waals surface area contributed by atoms with Crippen LogP contribution in [0.2, 0.25) is 0 Å². The second-order valence-electron chi connectivity index (χ2n) is 8.73. The van der Waals surface area contributed by atoms with Gasteiger partial charge in [-0.3, -0.25) is 0 Å². The summed E-state index contributed by atoms with van der Waals surface area (Å²) in [6.45, 7) is 2.30. The topological polar surface area (TPSA) is 26.0 Å². The van der Waals surface area contributed by atoms with E-state index in [-0.39, 0.29) is 12.0 Å². The fourth-order valence-corrected chi connectivity index (χ4v) is 5.57. The summed E-state index contributed by atoms with van der Waals surface area (Å²) >= 11 is 0. The van der Waals surface area contributed by atoms with Crippen molar-refractivity contribution in [3.8, 4) is 22.3 Å². The van der Waals surface area contributed by atoms with Crippen LogP contribution in [0, 0.1) is 0 Å². The molecule has 2 aliphatic rings. The lowest BCUT2D eigenvalue weighted by atomic mass is 9.83. The molecule has 2 N–H and O–H groups in total. The zero-order chi connectivity index (χ0) is 20.2. The van der Waals surface area contributed by atoms with E-state index in [1.165, 1.54) is 55.6 Å². The van der Waals surface area contributed by atoms with Gasteiger partial charge in [0.1, 0.15) is 0 Å². The highest BCUT2D eigenvalue weighted by atomic mass is 14.7. The molecule has 0 spiro atoms. The number of rotatable bonds is 3. The van der Waals surface area contributed by atoms with Gasteiger partial charge in [-0.05, 0) is 68.5 Å². The third kappa shape index (κ3) is 2.52. The molecule has 0 radical (unpaired) electrons. The van der Waals surface area contributed by atoms with Crippen LogP contribution in [0.1, 0.15) is 52.3 Å². The van der Waals surface area contributed by atoms with Gasteiger partial charge in [0.05, 0.1) is 0 Å². The van der Waals surface area contributed by atoms with E-state index in [2.05, 4.69) is 91.9 Å². The van der Waals surface area contributed by atoms with Crippen LogP contribution in [0.3, 0.4) is 0 Å². The molecule has 2 unspecified atom stereocenters. The predicted molar refractivity (Wildman–Crippen MR) is 125 cm³/mol. The van der Waals surface area contributed by atoms with Gasteiger partial charge in [0.25, 0.3) is 0 Å². The average Bonchev–Trinajstić information content (AvgIpc) is 3.36. The van der Waals surface area contributed by atoms with Crippen molar-refractivity contribution in [2.75, 3.05) is 0 Å². The first-order valence-electron chi connectivity index (χ1n) is 10.9. The van der Waals surface area contributed by atoms with Gasteiger partial charge >= 0.3 is 0 Å². The van der Waals surface area contributed by atoms with Crippen LogP contribution < -0.4 is 5.73 Å². The molecule has 0 saturated heterocycles. The standard InChI is InChI=1S/C29H25N/c1-18(21-12-6-13-24-22-10-4-2-8-19(22)16-27(21)24)29(30)26-15-7-14-25-23-11-5-3-9-20(23)17-28(25)26/h2-15,18,29H,16-17,30H2,1H3. The molecule has 146 valence electrons. The molecule has 2 atom stereocenters. The molecule has 4 aromatic rings. The van der Waals surface area contributed by atoms with Crippen LogP contribution in [0.4, 0.5) is 0 Å². The summed E-state index contributed by atoms with van der Waals surface area (Å²) in [4.78, 5) is 0. The third-order valence-electron chi connectivity index (χ3n) is 7.16. The van der Waals surface area contributed by atoms with E-state index in [4.69, 9.17) is 5.73 Å². The van der Waals surface area contributed by atoms with Crippen molar-refractivity contribution in [1.29, 1.82) is 0 Å². The van der Waals surface area contributed by atoms with Crippen molar-refractivity contribution in [3.05, 3.63) is 118 Å². The lowest BCUT2D eigenvalue weighted by Gasteiger charge is -2.25. The first-order chi connectivity index (χ1) is 14.7. The summed E-state index contributed by atoms with van der Waals surface area (Å²) < 4.78 is 0. The molecule has 2 aliphatic carbocycles. The Morgan fingerprint density at radius 2 is 1.03 bits per heavy atom. The molecule has 6 rings (SSSR count). The van der Waals surface area contributed by atoms with Crippen molar-refractivity contribution in [1.82, 2.24) is 0 Å². The second kappa shape index (κ2) is 6.68. The number of hydrogen-bond acceptors (Lipinski definition) is 1. The zero-order valence-corrected chi connectivity index (χ0v) is 17.2. The third-order valence-corrected chi connectivity index (χ3v) is 7.16. The minimum absolute atomic E-state index is 0.0236. The Bertz CT molecular complexity index is 1180. The fourth-order valence-electron chi connectivity index (χ4n) is 5.57. The second-order valence-corrected chi connectivity index (χ2v) is 8.73. The van der Waals surface area contributed by atoms with Crippen molar-refractivity contribution >= 4 is 0 Å². The van der Waals surface area contributed by atoms with Gasteiger partial charge in [-0.15, -0.1) is 0 Å². The molecular formula is C29H25N. The monoisotopic (exact) mass is 387 g/mol. The maximum absolute atomic E-state index is 6.98. The maximum Gasteiger partial charge on any atom is 0.0365 e. The lowest BCUT2D eigenvalue weighted by molar-refractivity contribution is 0.591. The number of fused-ring (bicyclic) bond motifs is 6. The maximum atomic E-state index is 6.98. The van der Waals surface area contributed by atoms with Gasteiger partial charge < -0.3 is 5.73 Å². The summed E-state index contributed by atoms with van der Waals surface area (Å²) in [6, 6.07) is 30.9. The largest absolute Gasteiger partial charge is 0.323 e. The summed E-state index contributed by atoms with van der Waals surface area (Å²) in [5, 5.41) is 0. The summed E-state index contributed by atoms with van der Waals surface area (Å²) in [5.74, 6) is 0.254. The number of hydrogen-bond donors (Lipinski definition) is 1. The van der Waals surface area contributed by atoms with Crippen molar-refractivity contribution < 1.29 is 0 Å². The molecule has 4 aromatic carbocycles. The van der Waals surface area contributed by atoms with E-state index in [9.17, 15) is 0 Å². The van der Waals surface area contributed by atoms with Crippen LogP contribution in [0.5, 0.6) is 0 Å². The van der Waals surface area contributed by atoms with Crippen LogP contribution in [0.15, 0.2) is 84.9 Å². The van der Waals surface area contributed by atoms with Gasteiger partial charge in [0.15, 0.2) is 0 Å². The molecular weight excluding hydrogens is 362 g/mol. The molecule has 1 nitrogen and oxygen atoms in total. The lowest BCUT2D eigenvalue weighted by Crippen LogP contribution is -2.20. The van der Waals surface area contributed by atoms with Gasteiger partial charge in [-0.25, -0.2) is 0 Å². The Morgan fingerprint density at radius 3 is 1.63 bits per heavy atom. The normalized spacial score (nSPS) is 15.1. The molecule has 0 aliphatic heterocycles.